The number of carbonyl (C=O) groups is 1. The third-order valence-corrected chi connectivity index (χ3v) is 6.15. The van der Waals surface area contributed by atoms with Crippen LogP contribution >= 0.6 is 23.1 Å². The highest BCUT2D eigenvalue weighted by molar-refractivity contribution is 7.99. The second kappa shape index (κ2) is 7.32. The average molecular weight is 384 g/mol. The summed E-state index contributed by atoms with van der Waals surface area (Å²) < 4.78 is 1.47. The number of rotatable bonds is 4. The van der Waals surface area contributed by atoms with Crippen molar-refractivity contribution in [3.63, 3.8) is 0 Å². The molecule has 0 unspecified atom stereocenters. The molecule has 0 saturated carbocycles. The van der Waals surface area contributed by atoms with Crippen LogP contribution in [0.15, 0.2) is 34.2 Å². The Hall–Kier alpha value is -2.63. The fourth-order valence-corrected chi connectivity index (χ4v) is 4.33. The Bertz CT molecular complexity index is 1110. The number of amides is 1. The molecule has 0 atom stereocenters. The van der Waals surface area contributed by atoms with Crippen molar-refractivity contribution in [3.05, 3.63) is 50.6 Å². The fraction of sp³-hybridized carbons (Fsp3) is 0.222. The van der Waals surface area contributed by atoms with E-state index in [9.17, 15) is 9.59 Å². The first-order valence-corrected chi connectivity index (χ1v) is 9.61. The lowest BCUT2D eigenvalue weighted by atomic mass is 10.2. The average Bonchev–Trinajstić information content (AvgIpc) is 2.91. The van der Waals surface area contributed by atoms with Gasteiger partial charge < -0.3 is 5.32 Å². The summed E-state index contributed by atoms with van der Waals surface area (Å²) in [5.74, 6) is -0.167. The Balaban J connectivity index is 1.80. The van der Waals surface area contributed by atoms with Gasteiger partial charge in [-0.2, -0.15) is 5.26 Å². The van der Waals surface area contributed by atoms with Crippen LogP contribution in [0.5, 0.6) is 0 Å². The molecule has 3 rings (SSSR count). The molecule has 132 valence electrons. The maximum absolute atomic E-state index is 12.6. The number of aryl methyl sites for hydroxylation is 2. The topological polar surface area (TPSA) is 87.8 Å². The molecule has 3 aromatic rings. The Kier molecular flexibility index (Phi) is 5.11. The number of fused-ring (bicyclic) bond motifs is 1. The van der Waals surface area contributed by atoms with E-state index in [2.05, 4.69) is 10.3 Å². The predicted molar refractivity (Wildman–Crippen MR) is 105 cm³/mol. The number of hydrogen-bond donors (Lipinski definition) is 1. The predicted octanol–water partition coefficient (Wildman–Crippen LogP) is 3.21. The largest absolute Gasteiger partial charge is 0.324 e. The standard InChI is InChI=1S/C18H16N4O2S2/c1-10-11(2)26-16-15(10)17(24)22(3)18(21-16)25-9-14(23)20-13-7-5-4-6-12(13)8-19/h4-7H,9H2,1-3H3,(H,20,23). The van der Waals surface area contributed by atoms with Crippen LogP contribution in [-0.2, 0) is 11.8 Å². The molecule has 1 aromatic carbocycles. The molecule has 2 aromatic heterocycles. The fourth-order valence-electron chi connectivity index (χ4n) is 2.49. The number of nitriles is 1. The van der Waals surface area contributed by atoms with Crippen LogP contribution in [0.25, 0.3) is 10.2 Å². The molecule has 2 heterocycles. The summed E-state index contributed by atoms with van der Waals surface area (Å²) in [6, 6.07) is 8.86. The normalized spacial score (nSPS) is 10.7. The zero-order chi connectivity index (χ0) is 18.8. The minimum atomic E-state index is -0.259. The number of benzene rings is 1. The maximum Gasteiger partial charge on any atom is 0.262 e. The first-order valence-electron chi connectivity index (χ1n) is 7.81. The van der Waals surface area contributed by atoms with E-state index < -0.39 is 0 Å². The summed E-state index contributed by atoms with van der Waals surface area (Å²) in [5.41, 5.74) is 1.74. The van der Waals surface area contributed by atoms with Gasteiger partial charge in [-0.1, -0.05) is 23.9 Å². The molecule has 26 heavy (non-hydrogen) atoms. The molecule has 0 aliphatic heterocycles. The molecular weight excluding hydrogens is 368 g/mol. The SMILES string of the molecule is Cc1sc2nc(SCC(=O)Nc3ccccc3C#N)n(C)c(=O)c2c1C. The smallest absolute Gasteiger partial charge is 0.262 e. The van der Waals surface area contributed by atoms with Gasteiger partial charge in [0.1, 0.15) is 10.9 Å². The van der Waals surface area contributed by atoms with Crippen molar-refractivity contribution in [2.75, 3.05) is 11.1 Å². The van der Waals surface area contributed by atoms with Crippen LogP contribution in [0.4, 0.5) is 5.69 Å². The minimum absolute atomic E-state index is 0.0922. The maximum atomic E-state index is 12.6. The van der Waals surface area contributed by atoms with E-state index in [-0.39, 0.29) is 17.2 Å². The Morgan fingerprint density at radius 2 is 2.12 bits per heavy atom. The molecule has 0 fully saturated rings. The molecular formula is C18H16N4O2S2. The lowest BCUT2D eigenvalue weighted by molar-refractivity contribution is -0.113. The molecule has 0 aliphatic rings. The number of para-hydroxylation sites is 1. The summed E-state index contributed by atoms with van der Waals surface area (Å²) in [4.78, 5) is 31.1. The quantitative estimate of drug-likeness (QED) is 0.551. The number of nitrogens with zero attached hydrogens (tertiary/aromatic N) is 3. The lowest BCUT2D eigenvalue weighted by Crippen LogP contribution is -2.21. The zero-order valence-electron chi connectivity index (χ0n) is 14.5. The molecule has 1 N–H and O–H groups in total. The Morgan fingerprint density at radius 1 is 1.38 bits per heavy atom. The highest BCUT2D eigenvalue weighted by Gasteiger charge is 2.16. The van der Waals surface area contributed by atoms with Gasteiger partial charge in [0.05, 0.1) is 22.4 Å². The number of nitrogens with one attached hydrogen (secondary N) is 1. The number of thioether (sulfide) groups is 1. The number of hydrogen-bond acceptors (Lipinski definition) is 6. The van der Waals surface area contributed by atoms with E-state index in [1.54, 1.807) is 31.3 Å². The molecule has 8 heteroatoms. The highest BCUT2D eigenvalue weighted by atomic mass is 32.2. The number of carbonyl (C=O) groups excluding carboxylic acids is 1. The van der Waals surface area contributed by atoms with Crippen molar-refractivity contribution in [1.82, 2.24) is 9.55 Å². The Morgan fingerprint density at radius 3 is 2.85 bits per heavy atom. The van der Waals surface area contributed by atoms with Gasteiger partial charge in [-0.3, -0.25) is 14.2 Å². The first-order chi connectivity index (χ1) is 12.4. The van der Waals surface area contributed by atoms with Crippen molar-refractivity contribution in [2.24, 2.45) is 7.05 Å². The van der Waals surface area contributed by atoms with Crippen molar-refractivity contribution in [3.8, 4) is 6.07 Å². The van der Waals surface area contributed by atoms with E-state index >= 15 is 0 Å². The van der Waals surface area contributed by atoms with E-state index in [1.165, 1.54) is 27.7 Å². The van der Waals surface area contributed by atoms with Crippen LogP contribution in [0.3, 0.4) is 0 Å². The van der Waals surface area contributed by atoms with Gasteiger partial charge in [0.15, 0.2) is 5.16 Å². The molecule has 0 radical (unpaired) electrons. The summed E-state index contributed by atoms with van der Waals surface area (Å²) in [5, 5.41) is 12.9. The van der Waals surface area contributed by atoms with E-state index in [0.717, 1.165) is 10.4 Å². The lowest BCUT2D eigenvalue weighted by Gasteiger charge is -2.08. The zero-order valence-corrected chi connectivity index (χ0v) is 16.1. The van der Waals surface area contributed by atoms with E-state index in [0.29, 0.717) is 26.6 Å². The van der Waals surface area contributed by atoms with Crippen molar-refractivity contribution >= 4 is 44.9 Å². The third kappa shape index (κ3) is 3.36. The van der Waals surface area contributed by atoms with Gasteiger partial charge in [-0.15, -0.1) is 11.3 Å². The second-order valence-corrected chi connectivity index (χ2v) is 7.86. The van der Waals surface area contributed by atoms with Crippen molar-refractivity contribution in [2.45, 2.75) is 19.0 Å². The van der Waals surface area contributed by atoms with Gasteiger partial charge >= 0.3 is 0 Å². The number of thiophene rings is 1. The molecule has 0 spiro atoms. The molecule has 6 nitrogen and oxygen atoms in total. The van der Waals surface area contributed by atoms with E-state index in [1.807, 2.05) is 19.9 Å². The highest BCUT2D eigenvalue weighted by Crippen LogP contribution is 2.28. The van der Waals surface area contributed by atoms with Gasteiger partial charge in [0.2, 0.25) is 5.91 Å². The van der Waals surface area contributed by atoms with Gasteiger partial charge in [-0.05, 0) is 31.5 Å². The third-order valence-electron chi connectivity index (χ3n) is 4.02. The van der Waals surface area contributed by atoms with Gasteiger partial charge in [0, 0.05) is 11.9 Å². The van der Waals surface area contributed by atoms with E-state index in [4.69, 9.17) is 5.26 Å². The molecule has 1 amide bonds. The minimum Gasteiger partial charge on any atom is -0.324 e. The number of anilines is 1. The summed E-state index contributed by atoms with van der Waals surface area (Å²) in [6.07, 6.45) is 0. The monoisotopic (exact) mass is 384 g/mol. The first kappa shape index (κ1) is 18.2. The molecule has 0 saturated heterocycles. The molecule has 0 aliphatic carbocycles. The van der Waals surface area contributed by atoms with Crippen LogP contribution in [0.1, 0.15) is 16.0 Å². The van der Waals surface area contributed by atoms with Crippen molar-refractivity contribution in [1.29, 1.82) is 5.26 Å². The summed E-state index contributed by atoms with van der Waals surface area (Å²) >= 11 is 2.68. The summed E-state index contributed by atoms with van der Waals surface area (Å²) in [7, 11) is 1.66. The van der Waals surface area contributed by atoms with Crippen LogP contribution in [0, 0.1) is 25.2 Å². The van der Waals surface area contributed by atoms with Gasteiger partial charge in [0.25, 0.3) is 5.56 Å². The number of aromatic nitrogens is 2. The van der Waals surface area contributed by atoms with Crippen LogP contribution in [0.2, 0.25) is 0 Å². The van der Waals surface area contributed by atoms with Crippen LogP contribution in [-0.4, -0.2) is 21.2 Å². The summed E-state index contributed by atoms with van der Waals surface area (Å²) in [6.45, 7) is 3.89. The van der Waals surface area contributed by atoms with Gasteiger partial charge in [-0.25, -0.2) is 4.98 Å². The Labute approximate surface area is 158 Å². The van der Waals surface area contributed by atoms with Crippen LogP contribution < -0.4 is 10.9 Å². The molecule has 0 bridgehead atoms. The second-order valence-electron chi connectivity index (χ2n) is 5.72. The van der Waals surface area contributed by atoms with Crippen molar-refractivity contribution < 1.29 is 4.79 Å².